The quantitative estimate of drug-likeness (QED) is 0.0904. The van der Waals surface area contributed by atoms with E-state index in [1.807, 2.05) is 55.5 Å². The molecule has 0 saturated heterocycles. The summed E-state index contributed by atoms with van der Waals surface area (Å²) in [6.07, 6.45) is 19.9. The Bertz CT molecular complexity index is 917. The van der Waals surface area contributed by atoms with Crippen molar-refractivity contribution >= 4 is 11.9 Å². The molecule has 4 nitrogen and oxygen atoms in total. The summed E-state index contributed by atoms with van der Waals surface area (Å²) in [5, 5.41) is 0. The average molecular weight is 537 g/mol. The standard InChI is InChI=1S/C35H52O4/c1-4-6-8-10-11-12-13-14-15-16-18-20-34(36)39-33-27-25-31(26-28-33)30-21-23-32(24-22-30)35(37)38-29(3)19-17-9-7-5-2/h21-29H,4-20H2,1-3H3. The average Bonchev–Trinajstić information content (AvgIpc) is 2.94. The van der Waals surface area contributed by atoms with Crippen molar-refractivity contribution in [1.29, 1.82) is 0 Å². The molecule has 0 aliphatic rings. The van der Waals surface area contributed by atoms with E-state index in [1.165, 1.54) is 77.0 Å². The van der Waals surface area contributed by atoms with Gasteiger partial charge in [0.05, 0.1) is 11.7 Å². The minimum absolute atomic E-state index is 0.0702. The van der Waals surface area contributed by atoms with Crippen molar-refractivity contribution in [1.82, 2.24) is 0 Å². The number of hydrogen-bond donors (Lipinski definition) is 0. The zero-order valence-electron chi connectivity index (χ0n) is 24.8. The molecule has 0 saturated carbocycles. The van der Waals surface area contributed by atoms with E-state index in [2.05, 4.69) is 13.8 Å². The van der Waals surface area contributed by atoms with Gasteiger partial charge in [-0.15, -0.1) is 0 Å². The van der Waals surface area contributed by atoms with Gasteiger partial charge in [0.2, 0.25) is 0 Å². The molecule has 0 aliphatic carbocycles. The fraction of sp³-hybridized carbons (Fsp3) is 0.600. The largest absolute Gasteiger partial charge is 0.459 e. The van der Waals surface area contributed by atoms with Gasteiger partial charge in [0.15, 0.2) is 0 Å². The van der Waals surface area contributed by atoms with E-state index in [0.717, 1.165) is 36.8 Å². The minimum atomic E-state index is -0.274. The maximum Gasteiger partial charge on any atom is 0.338 e. The first-order valence-corrected chi connectivity index (χ1v) is 15.7. The first-order valence-electron chi connectivity index (χ1n) is 15.7. The van der Waals surface area contributed by atoms with Gasteiger partial charge in [0.25, 0.3) is 0 Å². The topological polar surface area (TPSA) is 52.6 Å². The lowest BCUT2D eigenvalue weighted by Gasteiger charge is -2.13. The van der Waals surface area contributed by atoms with Crippen LogP contribution in [0.15, 0.2) is 48.5 Å². The SMILES string of the molecule is CCCCCCCCCCCCCC(=O)Oc1ccc(-c2ccc(C(=O)OC(C)CCCCCC)cc2)cc1. The fourth-order valence-electron chi connectivity index (χ4n) is 4.80. The zero-order chi connectivity index (χ0) is 28.1. The van der Waals surface area contributed by atoms with Gasteiger partial charge in [-0.1, -0.05) is 122 Å². The molecule has 0 amide bonds. The molecule has 4 heteroatoms. The molecular weight excluding hydrogens is 484 g/mol. The monoisotopic (exact) mass is 536 g/mol. The van der Waals surface area contributed by atoms with E-state index in [0.29, 0.717) is 17.7 Å². The number of rotatable bonds is 21. The summed E-state index contributed by atoms with van der Waals surface area (Å²) in [4.78, 5) is 24.7. The summed E-state index contributed by atoms with van der Waals surface area (Å²) in [6, 6.07) is 15.0. The normalized spacial score (nSPS) is 11.8. The summed E-state index contributed by atoms with van der Waals surface area (Å²) in [6.45, 7) is 6.41. The van der Waals surface area contributed by atoms with Crippen LogP contribution in [0.25, 0.3) is 11.1 Å². The molecule has 2 aromatic rings. The molecule has 1 atom stereocenters. The number of unbranched alkanes of at least 4 members (excludes halogenated alkanes) is 13. The second-order valence-electron chi connectivity index (χ2n) is 10.9. The van der Waals surface area contributed by atoms with Crippen molar-refractivity contribution in [3.8, 4) is 16.9 Å². The molecule has 0 bridgehead atoms. The van der Waals surface area contributed by atoms with Crippen molar-refractivity contribution in [3.05, 3.63) is 54.1 Å². The van der Waals surface area contributed by atoms with Crippen LogP contribution >= 0.6 is 0 Å². The number of carbonyl (C=O) groups is 2. The summed E-state index contributed by atoms with van der Waals surface area (Å²) in [7, 11) is 0. The molecule has 216 valence electrons. The first kappa shape index (κ1) is 32.6. The van der Waals surface area contributed by atoms with Gasteiger partial charge >= 0.3 is 11.9 Å². The Balaban J connectivity index is 1.65. The van der Waals surface area contributed by atoms with Crippen molar-refractivity contribution in [2.24, 2.45) is 0 Å². The molecule has 0 heterocycles. The van der Waals surface area contributed by atoms with Crippen LogP contribution in [-0.4, -0.2) is 18.0 Å². The highest BCUT2D eigenvalue weighted by atomic mass is 16.5. The molecule has 2 rings (SSSR count). The van der Waals surface area contributed by atoms with E-state index in [9.17, 15) is 9.59 Å². The maximum atomic E-state index is 12.5. The van der Waals surface area contributed by atoms with E-state index >= 15 is 0 Å². The summed E-state index contributed by atoms with van der Waals surface area (Å²) in [5.41, 5.74) is 2.56. The Morgan fingerprint density at radius 1 is 0.615 bits per heavy atom. The van der Waals surface area contributed by atoms with Crippen molar-refractivity contribution in [2.75, 3.05) is 0 Å². The highest BCUT2D eigenvalue weighted by molar-refractivity contribution is 5.90. The molecule has 1 unspecified atom stereocenters. The van der Waals surface area contributed by atoms with Crippen LogP contribution < -0.4 is 4.74 Å². The summed E-state index contributed by atoms with van der Waals surface area (Å²) in [5.74, 6) is 0.130. The van der Waals surface area contributed by atoms with Crippen molar-refractivity contribution in [3.63, 3.8) is 0 Å². The van der Waals surface area contributed by atoms with Crippen LogP contribution in [0.1, 0.15) is 140 Å². The predicted octanol–water partition coefficient (Wildman–Crippen LogP) is 10.5. The molecule has 0 spiro atoms. The van der Waals surface area contributed by atoms with Crippen LogP contribution in [-0.2, 0) is 9.53 Å². The second-order valence-corrected chi connectivity index (χ2v) is 10.9. The Labute approximate surface area is 237 Å². The maximum absolute atomic E-state index is 12.5. The second kappa shape index (κ2) is 20.3. The number of carbonyl (C=O) groups excluding carboxylic acids is 2. The number of hydrogen-bond acceptors (Lipinski definition) is 4. The summed E-state index contributed by atoms with van der Waals surface area (Å²) < 4.78 is 11.1. The van der Waals surface area contributed by atoms with Gasteiger partial charge in [-0.25, -0.2) is 4.79 Å². The highest BCUT2D eigenvalue weighted by Gasteiger charge is 2.12. The predicted molar refractivity (Wildman–Crippen MR) is 162 cm³/mol. The zero-order valence-corrected chi connectivity index (χ0v) is 24.8. The van der Waals surface area contributed by atoms with Crippen molar-refractivity contribution in [2.45, 2.75) is 136 Å². The van der Waals surface area contributed by atoms with Crippen LogP contribution in [0.4, 0.5) is 0 Å². The molecule has 0 aliphatic heterocycles. The van der Waals surface area contributed by atoms with Gasteiger partial charge in [0, 0.05) is 6.42 Å². The van der Waals surface area contributed by atoms with Gasteiger partial charge in [0.1, 0.15) is 5.75 Å². The molecule has 39 heavy (non-hydrogen) atoms. The van der Waals surface area contributed by atoms with E-state index in [4.69, 9.17) is 9.47 Å². The lowest BCUT2D eigenvalue weighted by molar-refractivity contribution is -0.134. The molecule has 0 radical (unpaired) electrons. The Morgan fingerprint density at radius 3 is 1.62 bits per heavy atom. The fourth-order valence-corrected chi connectivity index (χ4v) is 4.80. The summed E-state index contributed by atoms with van der Waals surface area (Å²) >= 11 is 0. The van der Waals surface area contributed by atoms with Gasteiger partial charge in [-0.05, 0) is 61.6 Å². The molecule has 0 N–H and O–H groups in total. The van der Waals surface area contributed by atoms with Gasteiger partial charge in [-0.2, -0.15) is 0 Å². The molecule has 2 aromatic carbocycles. The highest BCUT2D eigenvalue weighted by Crippen LogP contribution is 2.24. The molecule has 0 fully saturated rings. The van der Waals surface area contributed by atoms with Crippen molar-refractivity contribution < 1.29 is 19.1 Å². The number of esters is 2. The van der Waals surface area contributed by atoms with Crippen LogP contribution in [0, 0.1) is 0 Å². The third-order valence-corrected chi connectivity index (χ3v) is 7.30. The number of ether oxygens (including phenoxy) is 2. The van der Waals surface area contributed by atoms with E-state index in [-0.39, 0.29) is 18.0 Å². The Kier molecular flexibility index (Phi) is 17.0. The third kappa shape index (κ3) is 14.4. The smallest absolute Gasteiger partial charge is 0.338 e. The minimum Gasteiger partial charge on any atom is -0.459 e. The van der Waals surface area contributed by atoms with E-state index in [1.54, 1.807) is 0 Å². The van der Waals surface area contributed by atoms with Crippen LogP contribution in [0.2, 0.25) is 0 Å². The van der Waals surface area contributed by atoms with Crippen LogP contribution in [0.5, 0.6) is 5.75 Å². The number of benzene rings is 2. The Morgan fingerprint density at radius 2 is 1.08 bits per heavy atom. The van der Waals surface area contributed by atoms with Gasteiger partial charge in [-0.3, -0.25) is 4.79 Å². The first-order chi connectivity index (χ1) is 19.0. The molecule has 0 aromatic heterocycles. The molecular formula is C35H52O4. The lowest BCUT2D eigenvalue weighted by atomic mass is 10.0. The van der Waals surface area contributed by atoms with E-state index < -0.39 is 0 Å². The third-order valence-electron chi connectivity index (χ3n) is 7.30. The van der Waals surface area contributed by atoms with Gasteiger partial charge < -0.3 is 9.47 Å². The Hall–Kier alpha value is -2.62. The lowest BCUT2D eigenvalue weighted by Crippen LogP contribution is -2.15. The van der Waals surface area contributed by atoms with Crippen LogP contribution in [0.3, 0.4) is 0 Å².